The van der Waals surface area contributed by atoms with Crippen LogP contribution < -0.4 is 0 Å². The molecule has 1 fully saturated rings. The van der Waals surface area contributed by atoms with Crippen LogP contribution in [-0.2, 0) is 24.4 Å². The second kappa shape index (κ2) is 6.19. The molecule has 1 aliphatic rings. The maximum absolute atomic E-state index is 13.3. The molecule has 0 aromatic rings. The van der Waals surface area contributed by atoms with Crippen molar-refractivity contribution in [3.63, 3.8) is 0 Å². The van der Waals surface area contributed by atoms with Gasteiger partial charge < -0.3 is 4.74 Å². The molecular weight excluding hydrogens is 322 g/mol. The van der Waals surface area contributed by atoms with Gasteiger partial charge in [-0.05, 0) is 32.1 Å². The minimum Gasteiger partial charge on any atom is -0.446 e. The molecule has 0 aliphatic heterocycles. The zero-order valence-electron chi connectivity index (χ0n) is 12.6. The third-order valence-corrected chi connectivity index (χ3v) is 4.95. The molecule has 0 amide bonds. The van der Waals surface area contributed by atoms with E-state index in [0.717, 1.165) is 0 Å². The Balaban J connectivity index is 3.07. The summed E-state index contributed by atoms with van der Waals surface area (Å²) in [6, 6.07) is 0. The van der Waals surface area contributed by atoms with Crippen LogP contribution in [0.3, 0.4) is 0 Å². The van der Waals surface area contributed by atoms with Crippen LogP contribution in [0.1, 0.15) is 46.5 Å². The summed E-state index contributed by atoms with van der Waals surface area (Å²) in [5.74, 6) is -3.37. The van der Waals surface area contributed by atoms with Crippen molar-refractivity contribution in [3.8, 4) is 0 Å². The standard InChI is InChI=1S/C13H20F2O6S/c1-4-8-6-9(5-2)10(16)12(3,7-8)21-11(17)13(14,15)22(18,19)20/h8-9H,4-7H2,1-3H3,(H,18,19,20). The van der Waals surface area contributed by atoms with Crippen LogP contribution in [0.15, 0.2) is 0 Å². The lowest BCUT2D eigenvalue weighted by atomic mass is 9.70. The summed E-state index contributed by atoms with van der Waals surface area (Å²) in [4.78, 5) is 23.8. The van der Waals surface area contributed by atoms with E-state index in [9.17, 15) is 26.8 Å². The fourth-order valence-corrected chi connectivity index (χ4v) is 3.05. The van der Waals surface area contributed by atoms with E-state index < -0.39 is 38.6 Å². The van der Waals surface area contributed by atoms with Gasteiger partial charge >= 0.3 is 21.3 Å². The highest BCUT2D eigenvalue weighted by atomic mass is 32.2. The number of hydrogen-bond donors (Lipinski definition) is 1. The molecular formula is C13H20F2O6S. The Bertz CT molecular complexity index is 559. The molecule has 3 unspecified atom stereocenters. The number of esters is 1. The third-order valence-electron chi connectivity index (χ3n) is 4.14. The molecule has 3 atom stereocenters. The first-order valence-corrected chi connectivity index (χ1v) is 8.45. The first-order chi connectivity index (χ1) is 9.89. The summed E-state index contributed by atoms with van der Waals surface area (Å²) in [6.45, 7) is 4.83. The number of alkyl halides is 2. The van der Waals surface area contributed by atoms with Gasteiger partial charge in [-0.1, -0.05) is 20.3 Å². The van der Waals surface area contributed by atoms with E-state index in [4.69, 9.17) is 4.55 Å². The molecule has 0 bridgehead atoms. The molecule has 1 rings (SSSR count). The minimum absolute atomic E-state index is 0.000180. The highest BCUT2D eigenvalue weighted by Crippen LogP contribution is 2.40. The van der Waals surface area contributed by atoms with E-state index in [-0.39, 0.29) is 12.3 Å². The van der Waals surface area contributed by atoms with Crippen LogP contribution in [0.25, 0.3) is 0 Å². The maximum atomic E-state index is 13.3. The summed E-state index contributed by atoms with van der Waals surface area (Å²) in [5.41, 5.74) is -1.81. The predicted octanol–water partition coefficient (Wildman–Crippen LogP) is 2.18. The van der Waals surface area contributed by atoms with E-state index in [1.54, 1.807) is 6.92 Å². The lowest BCUT2D eigenvalue weighted by molar-refractivity contribution is -0.186. The highest BCUT2D eigenvalue weighted by molar-refractivity contribution is 7.87. The molecule has 0 aromatic carbocycles. The van der Waals surface area contributed by atoms with Crippen LogP contribution in [0.2, 0.25) is 0 Å². The number of carbonyl (C=O) groups is 2. The van der Waals surface area contributed by atoms with Crippen molar-refractivity contribution >= 4 is 21.9 Å². The van der Waals surface area contributed by atoms with Gasteiger partial charge in [0.15, 0.2) is 11.4 Å². The van der Waals surface area contributed by atoms with Crippen LogP contribution in [-0.4, -0.2) is 35.6 Å². The predicted molar refractivity (Wildman–Crippen MR) is 72.8 cm³/mol. The summed E-state index contributed by atoms with van der Waals surface area (Å²) in [6.07, 6.45) is 1.77. The Kier molecular flexibility index (Phi) is 5.34. The van der Waals surface area contributed by atoms with E-state index in [0.29, 0.717) is 19.3 Å². The molecule has 1 saturated carbocycles. The molecule has 6 nitrogen and oxygen atoms in total. The molecule has 0 aromatic heterocycles. The Morgan fingerprint density at radius 1 is 1.41 bits per heavy atom. The van der Waals surface area contributed by atoms with Gasteiger partial charge in [-0.2, -0.15) is 17.2 Å². The topological polar surface area (TPSA) is 97.7 Å². The fraction of sp³-hybridized carbons (Fsp3) is 0.846. The van der Waals surface area contributed by atoms with Gasteiger partial charge in [0.1, 0.15) is 0 Å². The van der Waals surface area contributed by atoms with E-state index in [2.05, 4.69) is 4.74 Å². The Hall–Kier alpha value is -1.09. The van der Waals surface area contributed by atoms with Crippen LogP contribution in [0, 0.1) is 11.8 Å². The minimum atomic E-state index is -5.95. The molecule has 0 heterocycles. The number of ether oxygens (including phenoxy) is 1. The number of rotatable bonds is 5. The molecule has 9 heteroatoms. The molecule has 128 valence electrons. The lowest BCUT2D eigenvalue weighted by Crippen LogP contribution is -2.52. The van der Waals surface area contributed by atoms with Crippen molar-refractivity contribution in [1.29, 1.82) is 0 Å². The Morgan fingerprint density at radius 3 is 2.36 bits per heavy atom. The number of halogens is 2. The number of ketones is 1. The summed E-state index contributed by atoms with van der Waals surface area (Å²) in [7, 11) is -5.95. The Labute approximate surface area is 128 Å². The molecule has 0 radical (unpaired) electrons. The van der Waals surface area contributed by atoms with Gasteiger partial charge in [-0.25, -0.2) is 4.79 Å². The van der Waals surface area contributed by atoms with Crippen LogP contribution in [0.5, 0.6) is 0 Å². The van der Waals surface area contributed by atoms with Gasteiger partial charge in [-0.3, -0.25) is 9.35 Å². The molecule has 22 heavy (non-hydrogen) atoms. The van der Waals surface area contributed by atoms with Gasteiger partial charge in [-0.15, -0.1) is 0 Å². The molecule has 0 spiro atoms. The normalized spacial score (nSPS) is 30.2. The van der Waals surface area contributed by atoms with Crippen molar-refractivity contribution in [2.24, 2.45) is 11.8 Å². The van der Waals surface area contributed by atoms with Gasteiger partial charge in [0.2, 0.25) is 0 Å². The van der Waals surface area contributed by atoms with Gasteiger partial charge in [0.05, 0.1) is 0 Å². The Morgan fingerprint density at radius 2 is 1.95 bits per heavy atom. The molecule has 0 saturated heterocycles. The van der Waals surface area contributed by atoms with E-state index in [1.165, 1.54) is 6.92 Å². The van der Waals surface area contributed by atoms with Gasteiger partial charge in [0, 0.05) is 5.92 Å². The first kappa shape index (κ1) is 19.0. The zero-order valence-corrected chi connectivity index (χ0v) is 13.5. The number of carbonyl (C=O) groups excluding carboxylic acids is 2. The smallest absolute Gasteiger partial charge is 0.446 e. The fourth-order valence-electron chi connectivity index (χ4n) is 2.80. The van der Waals surface area contributed by atoms with Crippen molar-refractivity contribution in [3.05, 3.63) is 0 Å². The molecule has 1 N–H and O–H groups in total. The summed E-state index contributed by atoms with van der Waals surface area (Å²) >= 11 is 0. The third kappa shape index (κ3) is 3.45. The maximum Gasteiger partial charge on any atom is 0.465 e. The van der Waals surface area contributed by atoms with Crippen molar-refractivity contribution in [1.82, 2.24) is 0 Å². The first-order valence-electron chi connectivity index (χ1n) is 7.01. The second-order valence-electron chi connectivity index (χ2n) is 5.80. The quantitative estimate of drug-likeness (QED) is 0.607. The number of Topliss-reactive ketones (excluding diaryl/α,β-unsaturated/α-hetero) is 1. The average Bonchev–Trinajstić information content (AvgIpc) is 2.40. The van der Waals surface area contributed by atoms with E-state index >= 15 is 0 Å². The largest absolute Gasteiger partial charge is 0.465 e. The zero-order chi connectivity index (χ0) is 17.3. The van der Waals surface area contributed by atoms with Crippen molar-refractivity contribution in [2.75, 3.05) is 0 Å². The highest BCUT2D eigenvalue weighted by Gasteiger charge is 2.58. The van der Waals surface area contributed by atoms with Crippen LogP contribution >= 0.6 is 0 Å². The second-order valence-corrected chi connectivity index (χ2v) is 7.26. The molecule has 1 aliphatic carbocycles. The van der Waals surface area contributed by atoms with Crippen molar-refractivity contribution < 1.29 is 36.1 Å². The van der Waals surface area contributed by atoms with Crippen molar-refractivity contribution in [2.45, 2.75) is 57.3 Å². The van der Waals surface area contributed by atoms with Gasteiger partial charge in [0.25, 0.3) is 0 Å². The average molecular weight is 342 g/mol. The SMILES string of the molecule is CCC1CC(CC)C(=O)C(C)(OC(=O)C(F)(F)S(=O)(=O)O)C1. The number of hydrogen-bond acceptors (Lipinski definition) is 5. The van der Waals surface area contributed by atoms with E-state index in [1.807, 2.05) is 6.92 Å². The summed E-state index contributed by atoms with van der Waals surface area (Å²) < 4.78 is 60.8. The lowest BCUT2D eigenvalue weighted by Gasteiger charge is -2.40. The summed E-state index contributed by atoms with van der Waals surface area (Å²) in [5, 5.41) is -5.10. The monoisotopic (exact) mass is 342 g/mol. The van der Waals surface area contributed by atoms with Crippen LogP contribution in [0.4, 0.5) is 8.78 Å².